The third kappa shape index (κ3) is 1.61. The van der Waals surface area contributed by atoms with Crippen molar-refractivity contribution in [3.63, 3.8) is 0 Å². The Morgan fingerprint density at radius 1 is 1.25 bits per heavy atom. The van der Waals surface area contributed by atoms with E-state index in [1.807, 2.05) is 6.92 Å². The summed E-state index contributed by atoms with van der Waals surface area (Å²) in [6, 6.07) is 8.60. The van der Waals surface area contributed by atoms with E-state index < -0.39 is 0 Å². The Balaban J connectivity index is 1.88. The molecule has 0 saturated carbocycles. The van der Waals surface area contributed by atoms with Gasteiger partial charge in [0.15, 0.2) is 0 Å². The van der Waals surface area contributed by atoms with Crippen molar-refractivity contribution in [1.82, 2.24) is 15.5 Å². The Hall–Kier alpha value is -1.68. The van der Waals surface area contributed by atoms with Gasteiger partial charge in [-0.1, -0.05) is 24.3 Å². The second-order valence-electron chi connectivity index (χ2n) is 4.07. The van der Waals surface area contributed by atoms with Crippen molar-refractivity contribution in [2.45, 2.75) is 25.9 Å². The number of rotatable bonds is 1. The Bertz CT molecular complexity index is 506. The lowest BCUT2D eigenvalue weighted by Crippen LogP contribution is -2.28. The number of nitrogens with zero attached hydrogens (tertiary/aromatic N) is 2. The summed E-state index contributed by atoms with van der Waals surface area (Å²) in [6.07, 6.45) is 0.914. The minimum absolute atomic E-state index is 0.149. The molecule has 1 atom stereocenters. The number of aryl methyl sites for hydroxylation is 1. The Morgan fingerprint density at radius 2 is 2.06 bits per heavy atom. The molecule has 1 aliphatic rings. The lowest BCUT2D eigenvalue weighted by atomic mass is 9.96. The van der Waals surface area contributed by atoms with Crippen LogP contribution in [0.3, 0.4) is 0 Å². The molecule has 4 nitrogen and oxygen atoms in total. The maximum atomic E-state index is 5.45. The van der Waals surface area contributed by atoms with Gasteiger partial charge in [-0.05, 0) is 17.5 Å². The van der Waals surface area contributed by atoms with Crippen LogP contribution in [0.25, 0.3) is 0 Å². The van der Waals surface area contributed by atoms with Gasteiger partial charge in [0, 0.05) is 13.5 Å². The molecule has 1 aromatic carbocycles. The molecule has 1 aromatic heterocycles. The molecule has 0 aliphatic carbocycles. The van der Waals surface area contributed by atoms with Gasteiger partial charge in [0.25, 0.3) is 0 Å². The van der Waals surface area contributed by atoms with Gasteiger partial charge in [0.1, 0.15) is 0 Å². The molecular weight excluding hydrogens is 202 g/mol. The second-order valence-corrected chi connectivity index (χ2v) is 4.07. The highest BCUT2D eigenvalue weighted by atomic mass is 16.4. The largest absolute Gasteiger partial charge is 0.424 e. The van der Waals surface area contributed by atoms with Crippen molar-refractivity contribution in [3.8, 4) is 0 Å². The van der Waals surface area contributed by atoms with Crippen molar-refractivity contribution in [1.29, 1.82) is 0 Å². The summed E-state index contributed by atoms with van der Waals surface area (Å²) >= 11 is 0. The van der Waals surface area contributed by atoms with Crippen molar-refractivity contribution < 1.29 is 4.42 Å². The summed E-state index contributed by atoms with van der Waals surface area (Å²) in [5.74, 6) is 1.31. The van der Waals surface area contributed by atoms with Crippen LogP contribution in [-0.4, -0.2) is 10.2 Å². The third-order valence-corrected chi connectivity index (χ3v) is 2.92. The Morgan fingerprint density at radius 3 is 2.81 bits per heavy atom. The van der Waals surface area contributed by atoms with Gasteiger partial charge in [-0.15, -0.1) is 10.2 Å². The molecule has 0 spiro atoms. The van der Waals surface area contributed by atoms with Gasteiger partial charge in [0.05, 0.1) is 6.04 Å². The molecule has 1 aliphatic heterocycles. The Kier molecular flexibility index (Phi) is 2.22. The average Bonchev–Trinajstić information content (AvgIpc) is 2.75. The molecule has 0 unspecified atom stereocenters. The van der Waals surface area contributed by atoms with Crippen molar-refractivity contribution in [2.75, 3.05) is 0 Å². The Labute approximate surface area is 93.7 Å². The summed E-state index contributed by atoms with van der Waals surface area (Å²) < 4.78 is 5.45. The van der Waals surface area contributed by atoms with Gasteiger partial charge in [-0.3, -0.25) is 0 Å². The SMILES string of the molecule is Cc1nnc([C@@H]2Cc3ccccc3CN2)o1. The first-order chi connectivity index (χ1) is 7.83. The molecule has 1 N–H and O–H groups in total. The minimum Gasteiger partial charge on any atom is -0.424 e. The van der Waals surface area contributed by atoms with Gasteiger partial charge in [0.2, 0.25) is 11.8 Å². The van der Waals surface area contributed by atoms with E-state index in [-0.39, 0.29) is 6.04 Å². The zero-order chi connectivity index (χ0) is 11.0. The fourth-order valence-corrected chi connectivity index (χ4v) is 2.08. The van der Waals surface area contributed by atoms with Gasteiger partial charge in [-0.25, -0.2) is 0 Å². The van der Waals surface area contributed by atoms with E-state index in [1.165, 1.54) is 11.1 Å². The van der Waals surface area contributed by atoms with Crippen LogP contribution in [0.1, 0.15) is 29.0 Å². The normalized spacial score (nSPS) is 19.4. The summed E-state index contributed by atoms with van der Waals surface area (Å²) in [5, 5.41) is 11.3. The van der Waals surface area contributed by atoms with Gasteiger partial charge < -0.3 is 9.73 Å². The maximum absolute atomic E-state index is 5.45. The highest BCUT2D eigenvalue weighted by molar-refractivity contribution is 5.30. The first-order valence-corrected chi connectivity index (χ1v) is 5.43. The zero-order valence-corrected chi connectivity index (χ0v) is 9.10. The summed E-state index contributed by atoms with van der Waals surface area (Å²) in [5.41, 5.74) is 2.72. The molecule has 0 radical (unpaired) electrons. The van der Waals surface area contributed by atoms with Crippen LogP contribution in [0.15, 0.2) is 28.7 Å². The van der Waals surface area contributed by atoms with Crippen LogP contribution in [0, 0.1) is 6.92 Å². The first-order valence-electron chi connectivity index (χ1n) is 5.43. The highest BCUT2D eigenvalue weighted by Crippen LogP contribution is 2.24. The van der Waals surface area contributed by atoms with E-state index in [9.17, 15) is 0 Å². The molecule has 16 heavy (non-hydrogen) atoms. The van der Waals surface area contributed by atoms with Crippen LogP contribution >= 0.6 is 0 Å². The summed E-state index contributed by atoms with van der Waals surface area (Å²) in [4.78, 5) is 0. The topological polar surface area (TPSA) is 51.0 Å². The number of fused-ring (bicyclic) bond motifs is 1. The fourth-order valence-electron chi connectivity index (χ4n) is 2.08. The predicted molar refractivity (Wildman–Crippen MR) is 58.8 cm³/mol. The molecule has 0 amide bonds. The van der Waals surface area contributed by atoms with E-state index in [4.69, 9.17) is 4.42 Å². The van der Waals surface area contributed by atoms with E-state index in [0.29, 0.717) is 11.8 Å². The standard InChI is InChI=1S/C12H13N3O/c1-8-14-15-12(16-8)11-6-9-4-2-3-5-10(9)7-13-11/h2-5,11,13H,6-7H2,1H3/t11-/m0/s1. The average molecular weight is 215 g/mol. The van der Waals surface area contributed by atoms with Gasteiger partial charge >= 0.3 is 0 Å². The zero-order valence-electron chi connectivity index (χ0n) is 9.10. The van der Waals surface area contributed by atoms with E-state index in [1.54, 1.807) is 0 Å². The van der Waals surface area contributed by atoms with Crippen molar-refractivity contribution in [3.05, 3.63) is 47.2 Å². The molecule has 0 fully saturated rings. The summed E-state index contributed by atoms with van der Waals surface area (Å²) in [7, 11) is 0. The molecule has 0 saturated heterocycles. The molecular formula is C12H13N3O. The third-order valence-electron chi connectivity index (χ3n) is 2.92. The number of benzene rings is 1. The van der Waals surface area contributed by atoms with Gasteiger partial charge in [-0.2, -0.15) is 0 Å². The fraction of sp³-hybridized carbons (Fsp3) is 0.333. The molecule has 2 heterocycles. The molecule has 82 valence electrons. The number of hydrogen-bond donors (Lipinski definition) is 1. The highest BCUT2D eigenvalue weighted by Gasteiger charge is 2.23. The van der Waals surface area contributed by atoms with Crippen LogP contribution in [-0.2, 0) is 13.0 Å². The number of aromatic nitrogens is 2. The quantitative estimate of drug-likeness (QED) is 0.787. The van der Waals surface area contributed by atoms with E-state index in [2.05, 4.69) is 39.8 Å². The molecule has 4 heteroatoms. The lowest BCUT2D eigenvalue weighted by molar-refractivity contribution is 0.372. The van der Waals surface area contributed by atoms with Crippen LogP contribution in [0.2, 0.25) is 0 Å². The lowest BCUT2D eigenvalue weighted by Gasteiger charge is -2.23. The maximum Gasteiger partial charge on any atom is 0.233 e. The molecule has 0 bridgehead atoms. The first kappa shape index (κ1) is 9.54. The molecule has 2 aromatic rings. The second kappa shape index (κ2) is 3.72. The smallest absolute Gasteiger partial charge is 0.233 e. The van der Waals surface area contributed by atoms with E-state index >= 15 is 0 Å². The van der Waals surface area contributed by atoms with Crippen LogP contribution < -0.4 is 5.32 Å². The molecule has 3 rings (SSSR count). The monoisotopic (exact) mass is 215 g/mol. The van der Waals surface area contributed by atoms with E-state index in [0.717, 1.165) is 13.0 Å². The van der Waals surface area contributed by atoms with Crippen molar-refractivity contribution >= 4 is 0 Å². The van der Waals surface area contributed by atoms with Crippen molar-refractivity contribution in [2.24, 2.45) is 0 Å². The summed E-state index contributed by atoms with van der Waals surface area (Å²) in [6.45, 7) is 2.68. The van der Waals surface area contributed by atoms with Crippen LogP contribution in [0.5, 0.6) is 0 Å². The number of nitrogens with one attached hydrogen (secondary N) is 1. The number of hydrogen-bond acceptors (Lipinski definition) is 4. The van der Waals surface area contributed by atoms with Crippen LogP contribution in [0.4, 0.5) is 0 Å². The predicted octanol–water partition coefficient (Wildman–Crippen LogP) is 1.77. The minimum atomic E-state index is 0.149.